The van der Waals surface area contributed by atoms with Crippen molar-refractivity contribution in [3.05, 3.63) is 60.8 Å². The van der Waals surface area contributed by atoms with Gasteiger partial charge in [0.1, 0.15) is 48.8 Å². The molecule has 574 valence electrons. The Kier molecular flexibility index (Phi) is 63.5. The molecule has 2 heterocycles. The Bertz CT molecular complexity index is 1880. The molecule has 0 saturated carbocycles. The van der Waals surface area contributed by atoms with Gasteiger partial charge in [-0.3, -0.25) is 4.79 Å². The molecule has 14 nitrogen and oxygen atoms in total. The molecular weight excluding hydrogens is 1230 g/mol. The van der Waals surface area contributed by atoms with Crippen molar-refractivity contribution in [1.82, 2.24) is 5.32 Å². The largest absolute Gasteiger partial charge is 0.394 e. The lowest BCUT2D eigenvalue weighted by atomic mass is 9.97. The van der Waals surface area contributed by atoms with E-state index in [0.29, 0.717) is 12.8 Å². The van der Waals surface area contributed by atoms with Gasteiger partial charge in [0.05, 0.1) is 32.0 Å². The van der Waals surface area contributed by atoms with Gasteiger partial charge in [-0.2, -0.15) is 0 Å². The zero-order chi connectivity index (χ0) is 70.8. The Hall–Kier alpha value is -2.31. The SMILES string of the molecule is CCCCCCC/C=C\C/C=C\CCCCCCCCCCCCCCCCCCCCCC(=O)NC(COC1OC(CO)C(OC2OC(CO)C(O)C(O)C2O)C(O)C1O)C(O)/C=C/CC/C=C/CC/C=C/CCCCCCCCCCCCCCCCCCCCCCCCC. The summed E-state index contributed by atoms with van der Waals surface area (Å²) >= 11 is 0. The molecule has 0 bridgehead atoms. The van der Waals surface area contributed by atoms with Crippen molar-refractivity contribution >= 4 is 5.91 Å². The Labute approximate surface area is 600 Å². The van der Waals surface area contributed by atoms with Crippen molar-refractivity contribution in [2.24, 2.45) is 0 Å². The molecule has 0 aliphatic carbocycles. The fourth-order valence-electron chi connectivity index (χ4n) is 13.6. The average Bonchev–Trinajstić information content (AvgIpc) is 0.793. The number of unbranched alkanes of at least 4 members (excludes halogenated alkanes) is 49. The second-order valence-electron chi connectivity index (χ2n) is 29.2. The maximum absolute atomic E-state index is 13.4. The third-order valence-corrected chi connectivity index (χ3v) is 20.2. The number of aliphatic hydroxyl groups is 8. The van der Waals surface area contributed by atoms with Crippen LogP contribution in [0.3, 0.4) is 0 Å². The molecule has 14 heteroatoms. The van der Waals surface area contributed by atoms with Crippen LogP contribution in [0.2, 0.25) is 0 Å². The number of ether oxygens (including phenoxy) is 4. The van der Waals surface area contributed by atoms with Crippen LogP contribution in [0.5, 0.6) is 0 Å². The van der Waals surface area contributed by atoms with Gasteiger partial charge in [-0.25, -0.2) is 0 Å². The summed E-state index contributed by atoms with van der Waals surface area (Å²) in [7, 11) is 0. The first-order valence-corrected chi connectivity index (χ1v) is 41.5. The molecule has 2 rings (SSSR count). The van der Waals surface area contributed by atoms with E-state index in [1.54, 1.807) is 6.08 Å². The standard InChI is InChI=1S/C84H155NO13/c1-3-5-7-9-11-13-15-17-19-21-23-25-27-29-31-33-35-36-38-39-41-43-45-47-49-51-53-55-57-59-61-63-65-67-73(88)72(71-95-83-81(94)79(92)82(75(70-87)97-83)98-84-80(93)78(91)77(90)74(69-86)96-84)85-76(89)68-66-64-62-60-58-56-54-52-50-48-46-44-42-40-37-34-32-30-28-26-24-22-20-18-16-14-12-10-8-6-4-2/h16,18,22,24,49,51,57,59,65,67,72-75,77-84,86-88,90-94H,3-15,17,19-21,23,25-48,50,52-56,58,60-64,66,68-71H2,1-2H3,(H,85,89)/b18-16-,24-22-,51-49+,59-57+,67-65+. The minimum atomic E-state index is -1.80. The minimum Gasteiger partial charge on any atom is -0.394 e. The van der Waals surface area contributed by atoms with E-state index < -0.39 is 86.8 Å². The number of hydrogen-bond donors (Lipinski definition) is 9. The van der Waals surface area contributed by atoms with Crippen LogP contribution < -0.4 is 5.32 Å². The number of hydrogen-bond acceptors (Lipinski definition) is 13. The molecule has 0 radical (unpaired) electrons. The number of rotatable bonds is 70. The smallest absolute Gasteiger partial charge is 0.220 e. The molecule has 1 amide bonds. The number of amides is 1. The second-order valence-corrected chi connectivity index (χ2v) is 29.2. The monoisotopic (exact) mass is 1390 g/mol. The molecule has 0 aromatic carbocycles. The molecule has 2 saturated heterocycles. The first kappa shape index (κ1) is 91.8. The molecule has 12 atom stereocenters. The molecule has 9 N–H and O–H groups in total. The van der Waals surface area contributed by atoms with Gasteiger partial charge in [-0.15, -0.1) is 0 Å². The van der Waals surface area contributed by atoms with Gasteiger partial charge < -0.3 is 65.1 Å². The van der Waals surface area contributed by atoms with Crippen molar-refractivity contribution in [3.63, 3.8) is 0 Å². The van der Waals surface area contributed by atoms with Gasteiger partial charge in [0.25, 0.3) is 0 Å². The second kappa shape index (κ2) is 67.8. The molecule has 2 fully saturated rings. The Morgan fingerprint density at radius 3 is 1.06 bits per heavy atom. The van der Waals surface area contributed by atoms with Crippen LogP contribution >= 0.6 is 0 Å². The average molecular weight is 1390 g/mol. The van der Waals surface area contributed by atoms with Crippen LogP contribution in [-0.4, -0.2) is 140 Å². The van der Waals surface area contributed by atoms with E-state index >= 15 is 0 Å². The van der Waals surface area contributed by atoms with Crippen LogP contribution in [0, 0.1) is 0 Å². The van der Waals surface area contributed by atoms with Gasteiger partial charge in [0, 0.05) is 6.42 Å². The summed E-state index contributed by atoms with van der Waals surface area (Å²) in [6, 6.07) is -0.941. The quantitative estimate of drug-likeness (QED) is 0.0204. The van der Waals surface area contributed by atoms with Crippen molar-refractivity contribution in [1.29, 1.82) is 0 Å². The fraction of sp³-hybridized carbons (Fsp3) is 0.869. The zero-order valence-corrected chi connectivity index (χ0v) is 63.0. The predicted molar refractivity (Wildman–Crippen MR) is 406 cm³/mol. The molecule has 12 unspecified atom stereocenters. The molecule has 98 heavy (non-hydrogen) atoms. The molecular formula is C84H155NO13. The predicted octanol–water partition coefficient (Wildman–Crippen LogP) is 19.1. The number of allylic oxidation sites excluding steroid dienone is 9. The fourth-order valence-corrected chi connectivity index (χ4v) is 13.6. The van der Waals surface area contributed by atoms with Crippen LogP contribution in [0.4, 0.5) is 0 Å². The summed E-state index contributed by atoms with van der Waals surface area (Å²) in [4.78, 5) is 13.4. The summed E-state index contributed by atoms with van der Waals surface area (Å²) in [6.07, 6.45) is 76.1. The van der Waals surface area contributed by atoms with E-state index in [1.165, 1.54) is 289 Å². The number of carbonyl (C=O) groups excluding carboxylic acids is 1. The highest BCUT2D eigenvalue weighted by Crippen LogP contribution is 2.30. The van der Waals surface area contributed by atoms with Gasteiger partial charge >= 0.3 is 0 Å². The van der Waals surface area contributed by atoms with Gasteiger partial charge in [0.2, 0.25) is 5.91 Å². The van der Waals surface area contributed by atoms with Gasteiger partial charge in [-0.1, -0.05) is 351 Å². The Balaban J connectivity index is 1.63. The molecule has 0 spiro atoms. The highest BCUT2D eigenvalue weighted by atomic mass is 16.7. The van der Waals surface area contributed by atoms with E-state index in [1.807, 2.05) is 6.08 Å². The van der Waals surface area contributed by atoms with Crippen LogP contribution in [0.15, 0.2) is 60.8 Å². The highest BCUT2D eigenvalue weighted by molar-refractivity contribution is 5.76. The van der Waals surface area contributed by atoms with E-state index in [9.17, 15) is 45.6 Å². The van der Waals surface area contributed by atoms with Crippen molar-refractivity contribution in [2.45, 2.75) is 447 Å². The lowest BCUT2D eigenvalue weighted by Crippen LogP contribution is -2.65. The third-order valence-electron chi connectivity index (χ3n) is 20.2. The first-order valence-electron chi connectivity index (χ1n) is 41.5. The Morgan fingerprint density at radius 1 is 0.367 bits per heavy atom. The summed E-state index contributed by atoms with van der Waals surface area (Å²) in [5.41, 5.74) is 0. The van der Waals surface area contributed by atoms with E-state index in [0.717, 1.165) is 51.4 Å². The number of carbonyl (C=O) groups is 1. The van der Waals surface area contributed by atoms with Crippen molar-refractivity contribution in [2.75, 3.05) is 19.8 Å². The molecule has 2 aliphatic rings. The lowest BCUT2D eigenvalue weighted by molar-refractivity contribution is -0.359. The van der Waals surface area contributed by atoms with Crippen LogP contribution in [-0.2, 0) is 23.7 Å². The maximum Gasteiger partial charge on any atom is 0.220 e. The maximum atomic E-state index is 13.4. The summed E-state index contributed by atoms with van der Waals surface area (Å²) in [5.74, 6) is -0.248. The first-order chi connectivity index (χ1) is 48.1. The Morgan fingerprint density at radius 2 is 0.684 bits per heavy atom. The topological polar surface area (TPSA) is 228 Å². The van der Waals surface area contributed by atoms with Gasteiger partial charge in [0.15, 0.2) is 12.6 Å². The van der Waals surface area contributed by atoms with Crippen LogP contribution in [0.25, 0.3) is 0 Å². The number of nitrogens with one attached hydrogen (secondary N) is 1. The zero-order valence-electron chi connectivity index (χ0n) is 63.0. The lowest BCUT2D eigenvalue weighted by Gasteiger charge is -2.46. The summed E-state index contributed by atoms with van der Waals surface area (Å²) in [5, 5.41) is 87.7. The summed E-state index contributed by atoms with van der Waals surface area (Å²) in [6.45, 7) is 2.82. The van der Waals surface area contributed by atoms with Crippen molar-refractivity contribution < 1.29 is 64.6 Å². The van der Waals surface area contributed by atoms with Crippen molar-refractivity contribution in [3.8, 4) is 0 Å². The van der Waals surface area contributed by atoms with E-state index in [2.05, 4.69) is 67.8 Å². The summed E-state index contributed by atoms with van der Waals surface area (Å²) < 4.78 is 22.9. The van der Waals surface area contributed by atoms with Crippen LogP contribution in [0.1, 0.15) is 373 Å². The number of aliphatic hydroxyl groups excluding tert-OH is 8. The molecule has 2 aliphatic heterocycles. The highest BCUT2D eigenvalue weighted by Gasteiger charge is 2.51. The normalized spacial score (nSPS) is 22.3. The third kappa shape index (κ3) is 50.2. The van der Waals surface area contributed by atoms with E-state index in [4.69, 9.17) is 18.9 Å². The minimum absolute atomic E-state index is 0.248. The van der Waals surface area contributed by atoms with E-state index in [-0.39, 0.29) is 18.9 Å². The molecule has 0 aromatic heterocycles. The molecule has 0 aromatic rings. The van der Waals surface area contributed by atoms with Gasteiger partial charge in [-0.05, 0) is 77.0 Å².